The zero-order valence-corrected chi connectivity index (χ0v) is 23.4. The Bertz CT molecular complexity index is 1190. The van der Waals surface area contributed by atoms with Gasteiger partial charge in [0.05, 0.1) is 24.3 Å². The molecular formula is C30H41N5O3. The molecule has 1 aromatic heterocycles. The molecule has 1 aliphatic carbocycles. The molecule has 2 aromatic rings. The van der Waals surface area contributed by atoms with Crippen LogP contribution in [0.2, 0.25) is 0 Å². The number of hydrogen-bond donors (Lipinski definition) is 0. The number of anilines is 1. The summed E-state index contributed by atoms with van der Waals surface area (Å²) in [7, 11) is 4.02. The highest BCUT2D eigenvalue weighted by molar-refractivity contribution is 5.83. The summed E-state index contributed by atoms with van der Waals surface area (Å²) in [4.78, 5) is 39.0. The zero-order chi connectivity index (χ0) is 27.0. The van der Waals surface area contributed by atoms with Gasteiger partial charge in [0.15, 0.2) is 0 Å². The van der Waals surface area contributed by atoms with Crippen LogP contribution >= 0.6 is 0 Å². The SMILES string of the molecule is CN1CCN(c2cccc3c2C[C@H](CN(C)[C@H]2CCCc4cccnc42)N(C(=O)OC(C)(C)C)C3)CC1=O. The Morgan fingerprint density at radius 3 is 2.68 bits per heavy atom. The van der Waals surface area contributed by atoms with Crippen molar-refractivity contribution in [1.29, 1.82) is 0 Å². The molecule has 1 aromatic carbocycles. The second-order valence-corrected chi connectivity index (χ2v) is 12.0. The minimum absolute atomic E-state index is 0.0549. The Morgan fingerprint density at radius 2 is 1.92 bits per heavy atom. The lowest BCUT2D eigenvalue weighted by atomic mass is 9.89. The van der Waals surface area contributed by atoms with Crippen molar-refractivity contribution in [3.05, 3.63) is 58.9 Å². The summed E-state index contributed by atoms with van der Waals surface area (Å²) in [6.45, 7) is 8.87. The number of piperazine rings is 1. The number of fused-ring (bicyclic) bond motifs is 2. The van der Waals surface area contributed by atoms with E-state index in [9.17, 15) is 9.59 Å². The number of pyridine rings is 1. The van der Waals surface area contributed by atoms with Crippen LogP contribution in [-0.4, -0.2) is 83.6 Å². The van der Waals surface area contributed by atoms with Gasteiger partial charge in [0.25, 0.3) is 0 Å². The first-order chi connectivity index (χ1) is 18.1. The van der Waals surface area contributed by atoms with E-state index < -0.39 is 5.60 Å². The van der Waals surface area contributed by atoms with E-state index >= 15 is 0 Å². The number of aromatic nitrogens is 1. The van der Waals surface area contributed by atoms with E-state index in [1.165, 1.54) is 11.1 Å². The molecule has 8 heteroatoms. The molecule has 2 atom stereocenters. The maximum Gasteiger partial charge on any atom is 0.410 e. The van der Waals surface area contributed by atoms with Gasteiger partial charge in [-0.05, 0) is 82.3 Å². The number of rotatable bonds is 4. The summed E-state index contributed by atoms with van der Waals surface area (Å²) in [6.07, 6.45) is 5.60. The minimum atomic E-state index is -0.567. The molecule has 38 heavy (non-hydrogen) atoms. The molecule has 0 N–H and O–H groups in total. The molecule has 204 valence electrons. The lowest BCUT2D eigenvalue weighted by molar-refractivity contribution is -0.129. The molecule has 0 spiro atoms. The number of carbonyl (C=O) groups is 2. The molecule has 3 heterocycles. The molecule has 0 radical (unpaired) electrons. The van der Waals surface area contributed by atoms with Gasteiger partial charge in [-0.25, -0.2) is 4.79 Å². The minimum Gasteiger partial charge on any atom is -0.444 e. The van der Waals surface area contributed by atoms with E-state index in [0.29, 0.717) is 19.6 Å². The predicted molar refractivity (Wildman–Crippen MR) is 148 cm³/mol. The quantitative estimate of drug-likeness (QED) is 0.608. The zero-order valence-electron chi connectivity index (χ0n) is 23.4. The van der Waals surface area contributed by atoms with Gasteiger partial charge in [0, 0.05) is 45.1 Å². The second kappa shape index (κ2) is 10.6. The molecule has 5 rings (SSSR count). The van der Waals surface area contributed by atoms with Crippen LogP contribution in [0.15, 0.2) is 36.5 Å². The molecule has 2 aliphatic heterocycles. The number of amides is 2. The van der Waals surface area contributed by atoms with Gasteiger partial charge in [-0.2, -0.15) is 0 Å². The standard InChI is InChI=1S/C30H41N5O3/c1-30(2,3)38-29(37)35-18-22-10-7-12-25(34-16-15-32(4)27(36)20-34)24(22)17-23(35)19-33(5)26-13-6-9-21-11-8-14-31-28(21)26/h7-8,10-12,14,23,26H,6,9,13,15-20H2,1-5H3/t23-,26+/m1/s1. The van der Waals surface area contributed by atoms with Crippen LogP contribution in [0.3, 0.4) is 0 Å². The lowest BCUT2D eigenvalue weighted by Gasteiger charge is -2.43. The molecular weight excluding hydrogens is 478 g/mol. The average Bonchev–Trinajstić information content (AvgIpc) is 2.88. The fourth-order valence-electron chi connectivity index (χ4n) is 6.09. The molecule has 0 unspecified atom stereocenters. The first kappa shape index (κ1) is 26.5. The number of hydrogen-bond acceptors (Lipinski definition) is 6. The monoisotopic (exact) mass is 519 g/mol. The molecule has 8 nitrogen and oxygen atoms in total. The van der Waals surface area contributed by atoms with Crippen molar-refractivity contribution in [1.82, 2.24) is 19.7 Å². The number of nitrogens with zero attached hydrogens (tertiary/aromatic N) is 5. The van der Waals surface area contributed by atoms with Gasteiger partial charge in [0.2, 0.25) is 5.91 Å². The van der Waals surface area contributed by atoms with Gasteiger partial charge in [-0.1, -0.05) is 18.2 Å². The van der Waals surface area contributed by atoms with Crippen LogP contribution in [0, 0.1) is 0 Å². The summed E-state index contributed by atoms with van der Waals surface area (Å²) in [5.41, 5.74) is 5.41. The second-order valence-electron chi connectivity index (χ2n) is 12.0. The summed E-state index contributed by atoms with van der Waals surface area (Å²) in [6, 6.07) is 10.7. The lowest BCUT2D eigenvalue weighted by Crippen LogP contribution is -2.52. The van der Waals surface area contributed by atoms with E-state index in [4.69, 9.17) is 9.72 Å². The topological polar surface area (TPSA) is 69.2 Å². The Kier molecular flexibility index (Phi) is 7.36. The van der Waals surface area contributed by atoms with Crippen molar-refractivity contribution in [2.24, 2.45) is 0 Å². The number of benzene rings is 1. The fourth-order valence-corrected chi connectivity index (χ4v) is 6.09. The van der Waals surface area contributed by atoms with Crippen molar-refractivity contribution in [2.45, 2.75) is 70.7 Å². The van der Waals surface area contributed by atoms with E-state index in [-0.39, 0.29) is 24.1 Å². The van der Waals surface area contributed by atoms with Crippen LogP contribution < -0.4 is 4.90 Å². The third-order valence-corrected chi connectivity index (χ3v) is 8.09. The highest BCUT2D eigenvalue weighted by Crippen LogP contribution is 2.36. The van der Waals surface area contributed by atoms with Crippen molar-refractivity contribution >= 4 is 17.7 Å². The summed E-state index contributed by atoms with van der Waals surface area (Å²) >= 11 is 0. The van der Waals surface area contributed by atoms with Gasteiger partial charge < -0.3 is 14.5 Å². The third-order valence-electron chi connectivity index (χ3n) is 8.09. The molecule has 3 aliphatic rings. The smallest absolute Gasteiger partial charge is 0.410 e. The first-order valence-corrected chi connectivity index (χ1v) is 13.8. The summed E-state index contributed by atoms with van der Waals surface area (Å²) in [5.74, 6) is 0.139. The number of aryl methyl sites for hydroxylation is 1. The maximum absolute atomic E-state index is 13.5. The van der Waals surface area contributed by atoms with Crippen LogP contribution in [-0.2, 0) is 28.9 Å². The largest absolute Gasteiger partial charge is 0.444 e. The third kappa shape index (κ3) is 5.51. The van der Waals surface area contributed by atoms with Crippen LogP contribution in [0.4, 0.5) is 10.5 Å². The summed E-state index contributed by atoms with van der Waals surface area (Å²) < 4.78 is 5.87. The Hall–Kier alpha value is -3.13. The molecule has 2 amide bonds. The highest BCUT2D eigenvalue weighted by Gasteiger charge is 2.37. The van der Waals surface area contributed by atoms with E-state index in [2.05, 4.69) is 35.0 Å². The molecule has 1 saturated heterocycles. The summed E-state index contributed by atoms with van der Waals surface area (Å²) in [5, 5.41) is 0. The van der Waals surface area contributed by atoms with Gasteiger partial charge in [-0.15, -0.1) is 0 Å². The number of ether oxygens (including phenoxy) is 1. The van der Waals surface area contributed by atoms with Crippen molar-refractivity contribution < 1.29 is 14.3 Å². The van der Waals surface area contributed by atoms with Gasteiger partial charge in [-0.3, -0.25) is 19.6 Å². The van der Waals surface area contributed by atoms with E-state index in [0.717, 1.165) is 55.7 Å². The fraction of sp³-hybridized carbons (Fsp3) is 0.567. The average molecular weight is 520 g/mol. The molecule has 0 saturated carbocycles. The van der Waals surface area contributed by atoms with Gasteiger partial charge in [0.1, 0.15) is 5.60 Å². The Labute approximate surface area is 226 Å². The maximum atomic E-state index is 13.5. The van der Waals surface area contributed by atoms with Crippen LogP contribution in [0.1, 0.15) is 62.0 Å². The first-order valence-electron chi connectivity index (χ1n) is 13.8. The van der Waals surface area contributed by atoms with Crippen LogP contribution in [0.5, 0.6) is 0 Å². The normalized spacial score (nSPS) is 21.8. The Balaban J connectivity index is 1.44. The number of likely N-dealkylation sites (N-methyl/N-ethyl adjacent to an activating group) is 2. The van der Waals surface area contributed by atoms with E-state index in [1.807, 2.05) is 51.0 Å². The molecule has 0 bridgehead atoms. The van der Waals surface area contributed by atoms with E-state index in [1.54, 1.807) is 4.90 Å². The number of carbonyl (C=O) groups excluding carboxylic acids is 2. The van der Waals surface area contributed by atoms with Crippen molar-refractivity contribution in [2.75, 3.05) is 45.2 Å². The van der Waals surface area contributed by atoms with Gasteiger partial charge >= 0.3 is 6.09 Å². The molecule has 1 fully saturated rings. The van der Waals surface area contributed by atoms with Crippen molar-refractivity contribution in [3.8, 4) is 0 Å². The van der Waals surface area contributed by atoms with Crippen molar-refractivity contribution in [3.63, 3.8) is 0 Å². The highest BCUT2D eigenvalue weighted by atomic mass is 16.6. The van der Waals surface area contributed by atoms with Crippen LogP contribution in [0.25, 0.3) is 0 Å². The predicted octanol–water partition coefficient (Wildman–Crippen LogP) is 4.03. The Morgan fingerprint density at radius 1 is 1.13 bits per heavy atom.